The number of benzene rings is 1. The van der Waals surface area contributed by atoms with E-state index < -0.39 is 9.84 Å². The van der Waals surface area contributed by atoms with Gasteiger partial charge < -0.3 is 10.1 Å². The third-order valence-corrected chi connectivity index (χ3v) is 5.53. The maximum Gasteiger partial charge on any atom is 0.152 e. The molecule has 1 aromatic rings. The second-order valence-electron chi connectivity index (χ2n) is 5.43. The van der Waals surface area contributed by atoms with Crippen LogP contribution < -0.4 is 10.1 Å². The minimum atomic E-state index is -2.84. The standard InChI is InChI=1S/C14H21NO3S/c1-14(8-10-19(16,17)11-14)15-9-7-12-3-5-13(18-2)6-4-12/h3-6,15H,7-11H2,1-2H3. The summed E-state index contributed by atoms with van der Waals surface area (Å²) in [5, 5.41) is 3.38. The molecule has 1 atom stereocenters. The molecule has 0 bridgehead atoms. The first-order valence-corrected chi connectivity index (χ1v) is 8.33. The summed E-state index contributed by atoms with van der Waals surface area (Å²) in [6.45, 7) is 2.78. The van der Waals surface area contributed by atoms with Crippen molar-refractivity contribution in [3.63, 3.8) is 0 Å². The van der Waals surface area contributed by atoms with Gasteiger partial charge in [-0.2, -0.15) is 0 Å². The molecule has 0 radical (unpaired) electrons. The molecule has 0 aliphatic carbocycles. The predicted octanol–water partition coefficient (Wildman–Crippen LogP) is 1.40. The Labute approximate surface area is 115 Å². The number of hydrogen-bond acceptors (Lipinski definition) is 4. The zero-order chi connectivity index (χ0) is 13.9. The van der Waals surface area contributed by atoms with E-state index in [1.807, 2.05) is 31.2 Å². The van der Waals surface area contributed by atoms with E-state index in [1.54, 1.807) is 7.11 Å². The van der Waals surface area contributed by atoms with Crippen molar-refractivity contribution in [2.24, 2.45) is 0 Å². The summed E-state index contributed by atoms with van der Waals surface area (Å²) in [5.74, 6) is 1.41. The smallest absolute Gasteiger partial charge is 0.152 e. The molecule has 1 aliphatic rings. The Kier molecular flexibility index (Phi) is 4.16. The molecule has 1 heterocycles. The molecular formula is C14H21NO3S. The van der Waals surface area contributed by atoms with Crippen LogP contribution in [0.5, 0.6) is 5.75 Å². The molecular weight excluding hydrogens is 262 g/mol. The third-order valence-electron chi connectivity index (χ3n) is 3.63. The maximum absolute atomic E-state index is 11.5. The Balaban J connectivity index is 1.83. The van der Waals surface area contributed by atoms with Gasteiger partial charge in [-0.25, -0.2) is 8.42 Å². The van der Waals surface area contributed by atoms with Gasteiger partial charge in [0.1, 0.15) is 5.75 Å². The van der Waals surface area contributed by atoms with Crippen LogP contribution in [0.15, 0.2) is 24.3 Å². The number of ether oxygens (including phenoxy) is 1. The fraction of sp³-hybridized carbons (Fsp3) is 0.571. The highest BCUT2D eigenvalue weighted by atomic mass is 32.2. The molecule has 19 heavy (non-hydrogen) atoms. The number of hydrogen-bond donors (Lipinski definition) is 1. The summed E-state index contributed by atoms with van der Waals surface area (Å²) in [4.78, 5) is 0. The molecule has 1 aliphatic heterocycles. The second kappa shape index (κ2) is 5.51. The lowest BCUT2D eigenvalue weighted by Gasteiger charge is -2.23. The summed E-state index contributed by atoms with van der Waals surface area (Å²) < 4.78 is 28.1. The minimum absolute atomic E-state index is 0.253. The molecule has 1 N–H and O–H groups in total. The number of nitrogens with one attached hydrogen (secondary N) is 1. The average Bonchev–Trinajstić information content (AvgIpc) is 2.65. The van der Waals surface area contributed by atoms with Crippen LogP contribution in [-0.2, 0) is 16.3 Å². The molecule has 1 aromatic carbocycles. The SMILES string of the molecule is COc1ccc(CCNC2(C)CCS(=O)(=O)C2)cc1. The van der Waals surface area contributed by atoms with E-state index in [0.717, 1.165) is 18.7 Å². The van der Waals surface area contributed by atoms with Gasteiger partial charge in [-0.1, -0.05) is 12.1 Å². The summed E-state index contributed by atoms with van der Waals surface area (Å²) in [7, 11) is -1.19. The molecule has 1 saturated heterocycles. The van der Waals surface area contributed by atoms with Crippen LogP contribution in [0.1, 0.15) is 18.9 Å². The Morgan fingerprint density at radius 3 is 2.53 bits per heavy atom. The van der Waals surface area contributed by atoms with Crippen molar-refractivity contribution in [1.29, 1.82) is 0 Å². The van der Waals surface area contributed by atoms with Crippen LogP contribution in [0.25, 0.3) is 0 Å². The van der Waals surface area contributed by atoms with Crippen LogP contribution >= 0.6 is 0 Å². The minimum Gasteiger partial charge on any atom is -0.497 e. The van der Waals surface area contributed by atoms with Crippen molar-refractivity contribution >= 4 is 9.84 Å². The van der Waals surface area contributed by atoms with E-state index in [9.17, 15) is 8.42 Å². The fourth-order valence-corrected chi connectivity index (χ4v) is 4.57. The molecule has 106 valence electrons. The average molecular weight is 283 g/mol. The zero-order valence-corrected chi connectivity index (χ0v) is 12.3. The lowest BCUT2D eigenvalue weighted by Crippen LogP contribution is -2.44. The molecule has 0 saturated carbocycles. The molecule has 1 fully saturated rings. The van der Waals surface area contributed by atoms with E-state index >= 15 is 0 Å². The quantitative estimate of drug-likeness (QED) is 0.887. The van der Waals surface area contributed by atoms with Crippen LogP contribution in [0, 0.1) is 0 Å². The zero-order valence-electron chi connectivity index (χ0n) is 11.5. The lowest BCUT2D eigenvalue weighted by atomic mass is 10.0. The fourth-order valence-electron chi connectivity index (χ4n) is 2.45. The van der Waals surface area contributed by atoms with Gasteiger partial charge in [-0.05, 0) is 44.0 Å². The normalized spacial score (nSPS) is 25.4. The Bertz CT molecular complexity index is 524. The van der Waals surface area contributed by atoms with Crippen LogP contribution in [-0.4, -0.2) is 39.1 Å². The van der Waals surface area contributed by atoms with Crippen molar-refractivity contribution in [1.82, 2.24) is 5.32 Å². The van der Waals surface area contributed by atoms with Crippen molar-refractivity contribution < 1.29 is 13.2 Å². The molecule has 4 nitrogen and oxygen atoms in total. The van der Waals surface area contributed by atoms with Crippen molar-refractivity contribution in [3.8, 4) is 5.75 Å². The van der Waals surface area contributed by atoms with Crippen LogP contribution in [0.3, 0.4) is 0 Å². The van der Waals surface area contributed by atoms with E-state index in [1.165, 1.54) is 5.56 Å². The summed E-state index contributed by atoms with van der Waals surface area (Å²) in [6, 6.07) is 7.95. The molecule has 0 spiro atoms. The summed E-state index contributed by atoms with van der Waals surface area (Å²) in [6.07, 6.45) is 1.59. The van der Waals surface area contributed by atoms with Crippen molar-refractivity contribution in [3.05, 3.63) is 29.8 Å². The van der Waals surface area contributed by atoms with Gasteiger partial charge in [-0.3, -0.25) is 0 Å². The van der Waals surface area contributed by atoms with Gasteiger partial charge in [0.15, 0.2) is 9.84 Å². The van der Waals surface area contributed by atoms with Gasteiger partial charge in [0.05, 0.1) is 18.6 Å². The van der Waals surface area contributed by atoms with Crippen molar-refractivity contribution in [2.75, 3.05) is 25.2 Å². The third kappa shape index (κ3) is 3.94. The second-order valence-corrected chi connectivity index (χ2v) is 7.61. The van der Waals surface area contributed by atoms with Gasteiger partial charge in [0.25, 0.3) is 0 Å². The van der Waals surface area contributed by atoms with E-state index in [2.05, 4.69) is 5.32 Å². The highest BCUT2D eigenvalue weighted by molar-refractivity contribution is 7.91. The van der Waals surface area contributed by atoms with Gasteiger partial charge in [0, 0.05) is 5.54 Å². The van der Waals surface area contributed by atoms with Crippen LogP contribution in [0.4, 0.5) is 0 Å². The van der Waals surface area contributed by atoms with Gasteiger partial charge in [0.2, 0.25) is 0 Å². The Hall–Kier alpha value is -1.07. The largest absolute Gasteiger partial charge is 0.497 e. The monoisotopic (exact) mass is 283 g/mol. The highest BCUT2D eigenvalue weighted by Gasteiger charge is 2.37. The van der Waals surface area contributed by atoms with E-state index in [0.29, 0.717) is 12.2 Å². The highest BCUT2D eigenvalue weighted by Crippen LogP contribution is 2.22. The number of rotatable bonds is 5. The molecule has 5 heteroatoms. The summed E-state index contributed by atoms with van der Waals surface area (Å²) in [5.41, 5.74) is 0.962. The van der Waals surface area contributed by atoms with Crippen LogP contribution in [0.2, 0.25) is 0 Å². The van der Waals surface area contributed by atoms with Gasteiger partial charge >= 0.3 is 0 Å². The first-order valence-electron chi connectivity index (χ1n) is 6.51. The molecule has 0 aromatic heterocycles. The topological polar surface area (TPSA) is 55.4 Å². The molecule has 2 rings (SSSR count). The lowest BCUT2D eigenvalue weighted by molar-refractivity contribution is 0.400. The summed E-state index contributed by atoms with van der Waals surface area (Å²) >= 11 is 0. The first-order chi connectivity index (χ1) is 8.92. The number of sulfone groups is 1. The molecule has 0 amide bonds. The number of methoxy groups -OCH3 is 1. The Morgan fingerprint density at radius 1 is 1.32 bits per heavy atom. The van der Waals surface area contributed by atoms with Crippen molar-refractivity contribution in [2.45, 2.75) is 25.3 Å². The van der Waals surface area contributed by atoms with Gasteiger partial charge in [-0.15, -0.1) is 0 Å². The van der Waals surface area contributed by atoms with E-state index in [-0.39, 0.29) is 11.3 Å². The Morgan fingerprint density at radius 2 is 2.00 bits per heavy atom. The van der Waals surface area contributed by atoms with E-state index in [4.69, 9.17) is 4.74 Å². The predicted molar refractivity (Wildman–Crippen MR) is 76.4 cm³/mol. The molecule has 1 unspecified atom stereocenters. The maximum atomic E-state index is 11.5. The first kappa shape index (κ1) is 14.3.